The maximum absolute atomic E-state index is 12.6. The number of carbonyl (C=O) groups is 2. The molecule has 0 fully saturated rings. The van der Waals surface area contributed by atoms with Gasteiger partial charge in [0.15, 0.2) is 5.78 Å². The predicted molar refractivity (Wildman–Crippen MR) is 95.6 cm³/mol. The summed E-state index contributed by atoms with van der Waals surface area (Å²) in [6.45, 7) is 1.46. The number of rotatable bonds is 4. The molecule has 4 heteroatoms. The number of benzene rings is 2. The molecule has 128 valence electrons. The number of phenolic OH excluding ortho intramolecular Hbond substituents is 1. The zero-order valence-electron chi connectivity index (χ0n) is 14.2. The van der Waals surface area contributed by atoms with Crippen LogP contribution in [0.2, 0.25) is 0 Å². The van der Waals surface area contributed by atoms with E-state index in [-0.39, 0.29) is 23.2 Å². The van der Waals surface area contributed by atoms with E-state index >= 15 is 0 Å². The molecule has 1 aliphatic rings. The molecule has 0 spiro atoms. The first-order valence-electron chi connectivity index (χ1n) is 8.18. The zero-order chi connectivity index (χ0) is 18.0. The Hall–Kier alpha value is -2.88. The molecule has 3 rings (SSSR count). The molecular weight excluding hydrogens is 316 g/mol. The van der Waals surface area contributed by atoms with Gasteiger partial charge in [-0.05, 0) is 42.7 Å². The summed E-state index contributed by atoms with van der Waals surface area (Å²) in [5.74, 6) is -0.637. The van der Waals surface area contributed by atoms with Crippen LogP contribution >= 0.6 is 0 Å². The lowest BCUT2D eigenvalue weighted by atomic mass is 9.72. The zero-order valence-corrected chi connectivity index (χ0v) is 14.2. The second-order valence-electron chi connectivity index (χ2n) is 6.26. The number of carbonyl (C=O) groups excluding carboxylic acids is 2. The molecule has 0 saturated heterocycles. The highest BCUT2D eigenvalue weighted by Gasteiger charge is 2.37. The summed E-state index contributed by atoms with van der Waals surface area (Å²) in [6.07, 6.45) is 2.01. The van der Waals surface area contributed by atoms with E-state index in [1.54, 1.807) is 12.1 Å². The third-order valence-electron chi connectivity index (χ3n) is 4.68. The quantitative estimate of drug-likeness (QED) is 0.864. The Morgan fingerprint density at radius 3 is 2.48 bits per heavy atom. The van der Waals surface area contributed by atoms with Crippen molar-refractivity contribution >= 4 is 17.1 Å². The average molecular weight is 336 g/mol. The highest BCUT2D eigenvalue weighted by molar-refractivity contribution is 6.12. The second kappa shape index (κ2) is 6.93. The summed E-state index contributed by atoms with van der Waals surface area (Å²) in [5, 5.41) is 10.3. The Kier molecular flexibility index (Phi) is 4.70. The molecule has 0 heterocycles. The van der Waals surface area contributed by atoms with Crippen molar-refractivity contribution in [2.45, 2.75) is 19.3 Å². The Morgan fingerprint density at radius 1 is 1.16 bits per heavy atom. The molecule has 0 aliphatic heterocycles. The Morgan fingerprint density at radius 2 is 1.88 bits per heavy atom. The summed E-state index contributed by atoms with van der Waals surface area (Å²) in [5.41, 5.74) is 2.28. The van der Waals surface area contributed by atoms with Crippen molar-refractivity contribution in [3.05, 3.63) is 65.7 Å². The second-order valence-corrected chi connectivity index (χ2v) is 6.26. The van der Waals surface area contributed by atoms with Crippen LogP contribution < -0.4 is 4.74 Å². The van der Waals surface area contributed by atoms with E-state index in [2.05, 4.69) is 0 Å². The van der Waals surface area contributed by atoms with Crippen LogP contribution in [0.5, 0.6) is 11.5 Å². The van der Waals surface area contributed by atoms with Gasteiger partial charge in [-0.2, -0.15) is 0 Å². The molecule has 1 N–H and O–H groups in total. The number of ketones is 2. The standard InChI is InChI=1S/C21H20O4/c1-13(22)21-18(14-6-4-3-5-7-14)10-15(11-20(21)24)17-9-8-16(25-2)12-19(17)23/h3-9,11-12,18,21,23H,10H2,1-2H3. The van der Waals surface area contributed by atoms with E-state index in [1.807, 2.05) is 30.3 Å². The van der Waals surface area contributed by atoms with Crippen molar-refractivity contribution < 1.29 is 19.4 Å². The summed E-state index contributed by atoms with van der Waals surface area (Å²) in [6, 6.07) is 14.6. The Balaban J connectivity index is 2.04. The van der Waals surface area contributed by atoms with Crippen LogP contribution in [0.1, 0.15) is 30.4 Å². The van der Waals surface area contributed by atoms with Crippen LogP contribution in [0, 0.1) is 5.92 Å². The largest absolute Gasteiger partial charge is 0.507 e. The van der Waals surface area contributed by atoms with Gasteiger partial charge in [0.25, 0.3) is 0 Å². The molecule has 1 aliphatic carbocycles. The van der Waals surface area contributed by atoms with Crippen molar-refractivity contribution in [1.29, 1.82) is 0 Å². The van der Waals surface area contributed by atoms with Gasteiger partial charge in [-0.25, -0.2) is 0 Å². The molecule has 0 aromatic heterocycles. The van der Waals surface area contributed by atoms with E-state index in [0.717, 1.165) is 11.1 Å². The number of ether oxygens (including phenoxy) is 1. The van der Waals surface area contributed by atoms with Crippen molar-refractivity contribution in [3.8, 4) is 11.5 Å². The van der Waals surface area contributed by atoms with Gasteiger partial charge >= 0.3 is 0 Å². The predicted octanol–water partition coefficient (Wildman–Crippen LogP) is 3.75. The topological polar surface area (TPSA) is 63.6 Å². The SMILES string of the molecule is COc1ccc(C2=CC(=O)C(C(C)=O)C(c3ccccc3)C2)c(O)c1. The number of aromatic hydroxyl groups is 1. The van der Waals surface area contributed by atoms with Gasteiger partial charge in [-0.15, -0.1) is 0 Å². The van der Waals surface area contributed by atoms with E-state index in [0.29, 0.717) is 17.7 Å². The number of hydrogen-bond acceptors (Lipinski definition) is 4. The van der Waals surface area contributed by atoms with Crippen LogP contribution in [0.4, 0.5) is 0 Å². The lowest BCUT2D eigenvalue weighted by molar-refractivity contribution is -0.130. The molecule has 2 atom stereocenters. The van der Waals surface area contributed by atoms with Crippen molar-refractivity contribution in [3.63, 3.8) is 0 Å². The molecule has 2 unspecified atom stereocenters. The summed E-state index contributed by atoms with van der Waals surface area (Å²) in [4.78, 5) is 24.7. The van der Waals surface area contributed by atoms with Crippen LogP contribution in [0.25, 0.3) is 5.57 Å². The third kappa shape index (κ3) is 3.33. The molecular formula is C21H20O4. The Labute approximate surface area is 146 Å². The highest BCUT2D eigenvalue weighted by Crippen LogP contribution is 2.42. The average Bonchev–Trinajstić information content (AvgIpc) is 2.61. The number of methoxy groups -OCH3 is 1. The van der Waals surface area contributed by atoms with Crippen LogP contribution in [-0.4, -0.2) is 23.8 Å². The fourth-order valence-corrected chi connectivity index (χ4v) is 3.47. The van der Waals surface area contributed by atoms with Gasteiger partial charge in [0.2, 0.25) is 0 Å². The third-order valence-corrected chi connectivity index (χ3v) is 4.68. The van der Waals surface area contributed by atoms with Crippen molar-refractivity contribution in [1.82, 2.24) is 0 Å². The first-order valence-corrected chi connectivity index (χ1v) is 8.18. The smallest absolute Gasteiger partial charge is 0.167 e. The maximum atomic E-state index is 12.6. The summed E-state index contributed by atoms with van der Waals surface area (Å²) in [7, 11) is 1.53. The lowest BCUT2D eigenvalue weighted by Crippen LogP contribution is -2.31. The van der Waals surface area contributed by atoms with Gasteiger partial charge in [0.05, 0.1) is 13.0 Å². The number of allylic oxidation sites excluding steroid dienone is 2. The van der Waals surface area contributed by atoms with Gasteiger partial charge in [0, 0.05) is 17.5 Å². The molecule has 25 heavy (non-hydrogen) atoms. The molecule has 4 nitrogen and oxygen atoms in total. The lowest BCUT2D eigenvalue weighted by Gasteiger charge is -2.29. The molecule has 2 aromatic rings. The maximum Gasteiger partial charge on any atom is 0.167 e. The minimum absolute atomic E-state index is 0.0616. The van der Waals surface area contributed by atoms with Gasteiger partial charge in [0.1, 0.15) is 17.3 Å². The molecule has 0 radical (unpaired) electrons. The fourth-order valence-electron chi connectivity index (χ4n) is 3.47. The number of phenols is 1. The van der Waals surface area contributed by atoms with Crippen molar-refractivity contribution in [2.24, 2.45) is 5.92 Å². The van der Waals surface area contributed by atoms with E-state index in [4.69, 9.17) is 4.74 Å². The van der Waals surface area contributed by atoms with E-state index in [9.17, 15) is 14.7 Å². The Bertz CT molecular complexity index is 836. The molecule has 0 saturated carbocycles. The van der Waals surface area contributed by atoms with Crippen LogP contribution in [-0.2, 0) is 9.59 Å². The minimum atomic E-state index is -0.674. The van der Waals surface area contributed by atoms with Gasteiger partial charge in [-0.3, -0.25) is 9.59 Å². The van der Waals surface area contributed by atoms with Crippen molar-refractivity contribution in [2.75, 3.05) is 7.11 Å². The molecule has 0 amide bonds. The van der Waals surface area contributed by atoms with Crippen LogP contribution in [0.3, 0.4) is 0 Å². The molecule has 0 bridgehead atoms. The fraction of sp³-hybridized carbons (Fsp3) is 0.238. The highest BCUT2D eigenvalue weighted by atomic mass is 16.5. The summed E-state index contributed by atoms with van der Waals surface area (Å²) < 4.78 is 5.11. The number of Topliss-reactive ketones (excluding diaryl/α,β-unsaturated/α-hetero) is 1. The number of hydrogen-bond donors (Lipinski definition) is 1. The minimum Gasteiger partial charge on any atom is -0.507 e. The summed E-state index contributed by atoms with van der Waals surface area (Å²) >= 11 is 0. The van der Waals surface area contributed by atoms with Crippen LogP contribution in [0.15, 0.2) is 54.6 Å². The first-order chi connectivity index (χ1) is 12.0. The van der Waals surface area contributed by atoms with E-state index < -0.39 is 5.92 Å². The monoisotopic (exact) mass is 336 g/mol. The molecule has 2 aromatic carbocycles. The first kappa shape index (κ1) is 17.0. The van der Waals surface area contributed by atoms with E-state index in [1.165, 1.54) is 26.2 Å². The van der Waals surface area contributed by atoms with Gasteiger partial charge < -0.3 is 9.84 Å². The normalized spacial score (nSPS) is 20.1. The van der Waals surface area contributed by atoms with Gasteiger partial charge in [-0.1, -0.05) is 30.3 Å².